The molecule has 2 aromatic rings. The molecule has 150 valence electrons. The molecule has 0 bridgehead atoms. The van der Waals surface area contributed by atoms with Crippen LogP contribution in [0.15, 0.2) is 48.5 Å². The van der Waals surface area contributed by atoms with E-state index in [9.17, 15) is 9.59 Å². The van der Waals surface area contributed by atoms with Gasteiger partial charge in [0.05, 0.1) is 24.1 Å². The maximum atomic E-state index is 12.5. The molecular formula is C23H25N3O2S. The van der Waals surface area contributed by atoms with E-state index >= 15 is 0 Å². The normalized spacial score (nSPS) is 15.3. The Morgan fingerprint density at radius 2 is 1.97 bits per heavy atom. The van der Waals surface area contributed by atoms with Gasteiger partial charge in [-0.15, -0.1) is 0 Å². The van der Waals surface area contributed by atoms with Gasteiger partial charge in [-0.3, -0.25) is 9.59 Å². The number of nitrogens with zero attached hydrogens (tertiary/aromatic N) is 2. The molecule has 5 nitrogen and oxygen atoms in total. The van der Waals surface area contributed by atoms with Crippen LogP contribution in [0.5, 0.6) is 0 Å². The molecule has 1 atom stereocenters. The second kappa shape index (κ2) is 10.1. The first-order valence-electron chi connectivity index (χ1n) is 9.77. The van der Waals surface area contributed by atoms with Crippen molar-refractivity contribution in [1.29, 1.82) is 5.26 Å². The van der Waals surface area contributed by atoms with E-state index in [2.05, 4.69) is 17.5 Å². The summed E-state index contributed by atoms with van der Waals surface area (Å²) in [5, 5.41) is 12.1. The second-order valence-electron chi connectivity index (χ2n) is 7.05. The van der Waals surface area contributed by atoms with E-state index in [1.54, 1.807) is 23.6 Å². The van der Waals surface area contributed by atoms with Crippen LogP contribution in [0.4, 0.5) is 0 Å². The lowest BCUT2D eigenvalue weighted by atomic mass is 9.90. The number of nitriles is 1. The molecule has 1 aliphatic heterocycles. The van der Waals surface area contributed by atoms with Crippen molar-refractivity contribution in [1.82, 2.24) is 10.2 Å². The highest BCUT2D eigenvalue weighted by molar-refractivity contribution is 7.98. The van der Waals surface area contributed by atoms with Gasteiger partial charge in [0.1, 0.15) is 0 Å². The van der Waals surface area contributed by atoms with Crippen LogP contribution in [-0.2, 0) is 21.8 Å². The van der Waals surface area contributed by atoms with Gasteiger partial charge in [-0.25, -0.2) is 0 Å². The number of hydrogen-bond donors (Lipinski definition) is 1. The van der Waals surface area contributed by atoms with Crippen LogP contribution < -0.4 is 5.32 Å². The summed E-state index contributed by atoms with van der Waals surface area (Å²) in [7, 11) is 0. The summed E-state index contributed by atoms with van der Waals surface area (Å²) in [5.41, 5.74) is 4.01. The molecule has 29 heavy (non-hydrogen) atoms. The van der Waals surface area contributed by atoms with Gasteiger partial charge in [0.25, 0.3) is 0 Å². The van der Waals surface area contributed by atoms with Crippen molar-refractivity contribution in [2.45, 2.75) is 31.6 Å². The van der Waals surface area contributed by atoms with Crippen LogP contribution >= 0.6 is 11.8 Å². The molecule has 0 saturated carbocycles. The molecule has 0 radical (unpaired) electrons. The first-order valence-corrected chi connectivity index (χ1v) is 10.9. The molecule has 0 fully saturated rings. The predicted molar refractivity (Wildman–Crippen MR) is 115 cm³/mol. The third-order valence-corrected chi connectivity index (χ3v) is 6.17. The maximum absolute atomic E-state index is 12.5. The lowest BCUT2D eigenvalue weighted by Gasteiger charge is -2.36. The van der Waals surface area contributed by atoms with Crippen LogP contribution in [-0.4, -0.2) is 35.6 Å². The smallest absolute Gasteiger partial charge is 0.222 e. The quantitative estimate of drug-likeness (QED) is 0.714. The van der Waals surface area contributed by atoms with Gasteiger partial charge in [0, 0.05) is 31.5 Å². The molecule has 3 rings (SSSR count). The fourth-order valence-corrected chi connectivity index (χ4v) is 4.56. The van der Waals surface area contributed by atoms with Gasteiger partial charge in [-0.05, 0) is 29.2 Å². The van der Waals surface area contributed by atoms with Crippen LogP contribution in [0.1, 0.15) is 41.6 Å². The van der Waals surface area contributed by atoms with Crippen LogP contribution in [0.3, 0.4) is 0 Å². The molecule has 6 heteroatoms. The van der Waals surface area contributed by atoms with Crippen molar-refractivity contribution in [3.63, 3.8) is 0 Å². The summed E-state index contributed by atoms with van der Waals surface area (Å²) < 4.78 is 0. The highest BCUT2D eigenvalue weighted by Crippen LogP contribution is 2.32. The Morgan fingerprint density at radius 1 is 1.21 bits per heavy atom. The Hall–Kier alpha value is -2.78. The molecule has 0 spiro atoms. The number of fused-ring (bicyclic) bond motifs is 1. The van der Waals surface area contributed by atoms with Gasteiger partial charge < -0.3 is 10.2 Å². The number of benzene rings is 2. The van der Waals surface area contributed by atoms with Gasteiger partial charge in [0.2, 0.25) is 11.8 Å². The van der Waals surface area contributed by atoms with E-state index in [-0.39, 0.29) is 24.3 Å². The SMILES string of the molecule is CC(=O)N1CCc2ccccc2C1CC(=O)NCCSCc1ccccc1C#N. The Kier molecular flexibility index (Phi) is 7.31. The number of thioether (sulfide) groups is 1. The van der Waals surface area contributed by atoms with Crippen LogP contribution in [0.2, 0.25) is 0 Å². The Labute approximate surface area is 176 Å². The van der Waals surface area contributed by atoms with E-state index in [0.717, 1.165) is 29.1 Å². The van der Waals surface area contributed by atoms with Crippen molar-refractivity contribution in [2.24, 2.45) is 0 Å². The molecular weight excluding hydrogens is 382 g/mol. The minimum absolute atomic E-state index is 0.00372. The summed E-state index contributed by atoms with van der Waals surface area (Å²) in [6, 6.07) is 17.6. The van der Waals surface area contributed by atoms with E-state index < -0.39 is 0 Å². The third kappa shape index (κ3) is 5.39. The minimum atomic E-state index is -0.201. The highest BCUT2D eigenvalue weighted by atomic mass is 32.2. The zero-order valence-corrected chi connectivity index (χ0v) is 17.4. The second-order valence-corrected chi connectivity index (χ2v) is 8.16. The highest BCUT2D eigenvalue weighted by Gasteiger charge is 2.30. The summed E-state index contributed by atoms with van der Waals surface area (Å²) >= 11 is 1.69. The number of rotatable bonds is 7. The summed E-state index contributed by atoms with van der Waals surface area (Å²) in [5.74, 6) is 1.47. The van der Waals surface area contributed by atoms with Crippen LogP contribution in [0, 0.1) is 11.3 Å². The van der Waals surface area contributed by atoms with Crippen molar-refractivity contribution >= 4 is 23.6 Å². The molecule has 2 aromatic carbocycles. The van der Waals surface area contributed by atoms with Crippen molar-refractivity contribution in [3.8, 4) is 6.07 Å². The number of carbonyl (C=O) groups is 2. The van der Waals surface area contributed by atoms with E-state index in [1.807, 2.05) is 42.5 Å². The van der Waals surface area contributed by atoms with Crippen LogP contribution in [0.25, 0.3) is 0 Å². The van der Waals surface area contributed by atoms with Gasteiger partial charge >= 0.3 is 0 Å². The average molecular weight is 408 g/mol. The molecule has 1 aliphatic rings. The molecule has 1 N–H and O–H groups in total. The Bertz CT molecular complexity index is 922. The zero-order chi connectivity index (χ0) is 20.6. The van der Waals surface area contributed by atoms with Crippen molar-refractivity contribution in [2.75, 3.05) is 18.8 Å². The third-order valence-electron chi connectivity index (χ3n) is 5.16. The standard InChI is InChI=1S/C23H25N3O2S/c1-17(27)26-12-10-18-6-4-5-9-21(18)22(26)14-23(28)25-11-13-29-16-20-8-3-2-7-19(20)15-24/h2-9,22H,10-14,16H2,1H3,(H,25,28). The molecule has 0 aliphatic carbocycles. The van der Waals surface area contributed by atoms with Gasteiger partial charge in [-0.2, -0.15) is 17.0 Å². The lowest BCUT2D eigenvalue weighted by molar-refractivity contribution is -0.133. The van der Waals surface area contributed by atoms with E-state index in [0.29, 0.717) is 18.7 Å². The van der Waals surface area contributed by atoms with Gasteiger partial charge in [0.15, 0.2) is 0 Å². The Balaban J connectivity index is 1.50. The van der Waals surface area contributed by atoms with Gasteiger partial charge in [-0.1, -0.05) is 42.5 Å². The fraction of sp³-hybridized carbons (Fsp3) is 0.348. The topological polar surface area (TPSA) is 73.2 Å². The molecule has 0 saturated heterocycles. The minimum Gasteiger partial charge on any atom is -0.355 e. The number of amides is 2. The number of nitrogens with one attached hydrogen (secondary N) is 1. The lowest BCUT2D eigenvalue weighted by Crippen LogP contribution is -2.41. The zero-order valence-electron chi connectivity index (χ0n) is 16.6. The van der Waals surface area contributed by atoms with E-state index in [4.69, 9.17) is 5.26 Å². The number of hydrogen-bond acceptors (Lipinski definition) is 4. The van der Waals surface area contributed by atoms with Crippen molar-refractivity contribution in [3.05, 3.63) is 70.8 Å². The summed E-state index contributed by atoms with van der Waals surface area (Å²) in [6.45, 7) is 2.78. The molecule has 1 heterocycles. The number of carbonyl (C=O) groups excluding carboxylic acids is 2. The molecule has 0 aromatic heterocycles. The summed E-state index contributed by atoms with van der Waals surface area (Å²) in [4.78, 5) is 26.4. The predicted octanol–water partition coefficient (Wildman–Crippen LogP) is 3.44. The largest absolute Gasteiger partial charge is 0.355 e. The maximum Gasteiger partial charge on any atom is 0.222 e. The van der Waals surface area contributed by atoms with Crippen molar-refractivity contribution < 1.29 is 9.59 Å². The van der Waals surface area contributed by atoms with E-state index in [1.165, 1.54) is 5.56 Å². The summed E-state index contributed by atoms with van der Waals surface area (Å²) in [6.07, 6.45) is 1.10. The molecule has 1 unspecified atom stereocenters. The Morgan fingerprint density at radius 3 is 2.76 bits per heavy atom. The molecule has 2 amide bonds. The average Bonchev–Trinajstić information content (AvgIpc) is 2.73. The fourth-order valence-electron chi connectivity index (χ4n) is 3.70. The monoisotopic (exact) mass is 407 g/mol. The first-order chi connectivity index (χ1) is 14.1. The first kappa shape index (κ1) is 20.9.